The van der Waals surface area contributed by atoms with Crippen molar-refractivity contribution in [3.63, 3.8) is 0 Å². The molecule has 1 aliphatic rings. The minimum atomic E-state index is -0.123. The number of furan rings is 1. The van der Waals surface area contributed by atoms with E-state index < -0.39 is 0 Å². The molecule has 1 fully saturated rings. The lowest BCUT2D eigenvalue weighted by molar-refractivity contribution is 0.102. The largest absolute Gasteiger partial charge is 0.455 e. The summed E-state index contributed by atoms with van der Waals surface area (Å²) in [4.78, 5) is 24.2. The Morgan fingerprint density at radius 2 is 1.55 bits per heavy atom. The molecule has 0 aliphatic carbocycles. The van der Waals surface area contributed by atoms with Crippen LogP contribution in [-0.2, 0) is 0 Å². The van der Waals surface area contributed by atoms with E-state index in [2.05, 4.69) is 43.7 Å². The predicted molar refractivity (Wildman–Crippen MR) is 160 cm³/mol. The molecule has 3 heterocycles. The third-order valence-corrected chi connectivity index (χ3v) is 7.34. The number of para-hydroxylation sites is 2. The Kier molecular flexibility index (Phi) is 6.09. The predicted octanol–water partition coefficient (Wildman–Crippen LogP) is 7.64. The number of nitrogens with one attached hydrogen (secondary N) is 2. The van der Waals surface area contributed by atoms with E-state index in [1.165, 1.54) is 12.8 Å². The van der Waals surface area contributed by atoms with Crippen LogP contribution in [0.4, 0.5) is 22.9 Å². The first-order valence-corrected chi connectivity index (χ1v) is 13.5. The number of rotatable bonds is 6. The van der Waals surface area contributed by atoms with Crippen molar-refractivity contribution < 1.29 is 9.21 Å². The van der Waals surface area contributed by atoms with Crippen LogP contribution in [0.25, 0.3) is 33.2 Å². The standard InChI is InChI=1S/C33H27N5O2/c39-33(22-7-5-8-25(19-22)38-17-3-4-18-38)37-24-15-13-23(14-16-24)36-31-20-29(34-21-35-31)28-11-6-10-27-26-9-1-2-12-30(26)40-32(27)28/h1-2,5-16,19-21H,3-4,17-18H2,(H,37,39)(H,34,35,36). The number of hydrogen-bond donors (Lipinski definition) is 2. The fourth-order valence-corrected chi connectivity index (χ4v) is 5.33. The highest BCUT2D eigenvalue weighted by atomic mass is 16.3. The molecule has 7 heteroatoms. The SMILES string of the molecule is O=C(Nc1ccc(Nc2cc(-c3cccc4c3oc3ccccc34)ncn2)cc1)c1cccc(N2CCCC2)c1. The molecule has 0 spiro atoms. The highest BCUT2D eigenvalue weighted by molar-refractivity contribution is 6.09. The average Bonchev–Trinajstić information content (AvgIpc) is 3.67. The third kappa shape index (κ3) is 4.62. The topological polar surface area (TPSA) is 83.3 Å². The molecular weight excluding hydrogens is 498 g/mol. The minimum Gasteiger partial charge on any atom is -0.455 e. The van der Waals surface area contributed by atoms with Gasteiger partial charge in [-0.2, -0.15) is 0 Å². The molecule has 40 heavy (non-hydrogen) atoms. The van der Waals surface area contributed by atoms with Crippen LogP contribution >= 0.6 is 0 Å². The van der Waals surface area contributed by atoms with E-state index >= 15 is 0 Å². The molecule has 2 N–H and O–H groups in total. The van der Waals surface area contributed by atoms with Crippen molar-refractivity contribution in [2.24, 2.45) is 0 Å². The second-order valence-corrected chi connectivity index (χ2v) is 9.97. The van der Waals surface area contributed by atoms with Crippen molar-refractivity contribution in [2.45, 2.75) is 12.8 Å². The Balaban J connectivity index is 1.07. The van der Waals surface area contributed by atoms with E-state index in [0.29, 0.717) is 11.4 Å². The molecule has 1 amide bonds. The lowest BCUT2D eigenvalue weighted by atomic mass is 10.1. The summed E-state index contributed by atoms with van der Waals surface area (Å²) >= 11 is 0. The van der Waals surface area contributed by atoms with Gasteiger partial charge < -0.3 is 20.0 Å². The summed E-state index contributed by atoms with van der Waals surface area (Å²) in [5.41, 5.74) is 6.66. The Labute approximate surface area is 231 Å². The summed E-state index contributed by atoms with van der Waals surface area (Å²) in [6, 6.07) is 31.4. The molecule has 1 aliphatic heterocycles. The van der Waals surface area contributed by atoms with Gasteiger partial charge in [-0.15, -0.1) is 0 Å². The number of benzene rings is 4. The molecule has 7 rings (SSSR count). The van der Waals surface area contributed by atoms with Gasteiger partial charge in [0.2, 0.25) is 0 Å². The Morgan fingerprint density at radius 3 is 2.42 bits per heavy atom. The van der Waals surface area contributed by atoms with Crippen LogP contribution in [0.15, 0.2) is 108 Å². The van der Waals surface area contributed by atoms with E-state index in [-0.39, 0.29) is 5.91 Å². The van der Waals surface area contributed by atoms with Crippen LogP contribution in [0.2, 0.25) is 0 Å². The highest BCUT2D eigenvalue weighted by Crippen LogP contribution is 2.35. The van der Waals surface area contributed by atoms with Gasteiger partial charge in [-0.1, -0.05) is 36.4 Å². The van der Waals surface area contributed by atoms with Crippen LogP contribution in [0, 0.1) is 0 Å². The van der Waals surface area contributed by atoms with Gasteiger partial charge in [0.15, 0.2) is 0 Å². The molecular formula is C33H27N5O2. The fraction of sp³-hybridized carbons (Fsp3) is 0.121. The zero-order chi connectivity index (χ0) is 26.9. The number of fused-ring (bicyclic) bond motifs is 3. The highest BCUT2D eigenvalue weighted by Gasteiger charge is 2.15. The summed E-state index contributed by atoms with van der Waals surface area (Å²) in [6.45, 7) is 2.09. The normalized spacial score (nSPS) is 13.2. The average molecular weight is 526 g/mol. The third-order valence-electron chi connectivity index (χ3n) is 7.34. The molecule has 2 aromatic heterocycles. The molecule has 0 radical (unpaired) electrons. The van der Waals surface area contributed by atoms with Crippen LogP contribution in [0.3, 0.4) is 0 Å². The zero-order valence-corrected chi connectivity index (χ0v) is 21.8. The molecule has 4 aromatic carbocycles. The smallest absolute Gasteiger partial charge is 0.255 e. The summed E-state index contributed by atoms with van der Waals surface area (Å²) in [7, 11) is 0. The monoisotopic (exact) mass is 525 g/mol. The molecule has 1 saturated heterocycles. The van der Waals surface area contributed by atoms with Gasteiger partial charge in [-0.25, -0.2) is 9.97 Å². The van der Waals surface area contributed by atoms with Crippen molar-refractivity contribution in [1.82, 2.24) is 9.97 Å². The summed E-state index contributed by atoms with van der Waals surface area (Å²) in [6.07, 6.45) is 3.94. The molecule has 196 valence electrons. The fourth-order valence-electron chi connectivity index (χ4n) is 5.33. The first-order chi connectivity index (χ1) is 19.7. The van der Waals surface area contributed by atoms with E-state index in [4.69, 9.17) is 4.42 Å². The molecule has 0 unspecified atom stereocenters. The number of nitrogens with zero attached hydrogens (tertiary/aromatic N) is 3. The van der Waals surface area contributed by atoms with Crippen molar-refractivity contribution in [1.29, 1.82) is 0 Å². The van der Waals surface area contributed by atoms with Crippen LogP contribution in [-0.4, -0.2) is 29.0 Å². The second-order valence-electron chi connectivity index (χ2n) is 9.97. The van der Waals surface area contributed by atoms with E-state index in [9.17, 15) is 4.79 Å². The quantitative estimate of drug-likeness (QED) is 0.233. The van der Waals surface area contributed by atoms with Gasteiger partial charge in [-0.3, -0.25) is 4.79 Å². The zero-order valence-electron chi connectivity index (χ0n) is 21.8. The summed E-state index contributed by atoms with van der Waals surface area (Å²) < 4.78 is 6.19. The Bertz CT molecular complexity index is 1840. The second kappa shape index (κ2) is 10.2. The lowest BCUT2D eigenvalue weighted by Gasteiger charge is -2.18. The molecule has 0 atom stereocenters. The lowest BCUT2D eigenvalue weighted by Crippen LogP contribution is -2.18. The first-order valence-electron chi connectivity index (χ1n) is 13.5. The molecule has 0 saturated carbocycles. The van der Waals surface area contributed by atoms with Gasteiger partial charge in [0.25, 0.3) is 5.91 Å². The number of hydrogen-bond acceptors (Lipinski definition) is 6. The number of carbonyl (C=O) groups excluding carboxylic acids is 1. The van der Waals surface area contributed by atoms with Crippen LogP contribution in [0.1, 0.15) is 23.2 Å². The molecule has 7 nitrogen and oxygen atoms in total. The van der Waals surface area contributed by atoms with E-state index in [1.807, 2.05) is 78.9 Å². The Hall–Kier alpha value is -5.17. The van der Waals surface area contributed by atoms with Gasteiger partial charge in [0.05, 0.1) is 5.69 Å². The Morgan fingerprint density at radius 1 is 0.775 bits per heavy atom. The van der Waals surface area contributed by atoms with Crippen LogP contribution in [0.5, 0.6) is 0 Å². The number of carbonyl (C=O) groups is 1. The van der Waals surface area contributed by atoms with Gasteiger partial charge >= 0.3 is 0 Å². The van der Waals surface area contributed by atoms with Gasteiger partial charge in [0.1, 0.15) is 23.3 Å². The number of anilines is 4. The molecule has 0 bridgehead atoms. The van der Waals surface area contributed by atoms with Crippen LogP contribution < -0.4 is 15.5 Å². The summed E-state index contributed by atoms with van der Waals surface area (Å²) in [5, 5.41) is 8.48. The van der Waals surface area contributed by atoms with Gasteiger partial charge in [0, 0.05) is 58.1 Å². The molecule has 6 aromatic rings. The number of amides is 1. The summed E-state index contributed by atoms with van der Waals surface area (Å²) in [5.74, 6) is 0.538. The van der Waals surface area contributed by atoms with E-state index in [1.54, 1.807) is 6.33 Å². The maximum absolute atomic E-state index is 12.9. The maximum Gasteiger partial charge on any atom is 0.255 e. The van der Waals surface area contributed by atoms with Gasteiger partial charge in [-0.05, 0) is 67.4 Å². The number of aromatic nitrogens is 2. The van der Waals surface area contributed by atoms with E-state index in [0.717, 1.165) is 63.3 Å². The maximum atomic E-state index is 12.9. The van der Waals surface area contributed by atoms with Crippen molar-refractivity contribution >= 4 is 50.7 Å². The van der Waals surface area contributed by atoms with Crippen molar-refractivity contribution in [3.05, 3.63) is 109 Å². The van der Waals surface area contributed by atoms with Crippen molar-refractivity contribution in [3.8, 4) is 11.3 Å². The van der Waals surface area contributed by atoms with Crippen molar-refractivity contribution in [2.75, 3.05) is 28.6 Å². The minimum absolute atomic E-state index is 0.123. The first kappa shape index (κ1) is 23.9.